The maximum Gasteiger partial charge on any atom is 0.143 e. The number of nitrogens with zero attached hydrogens (tertiary/aromatic N) is 2. The molecule has 3 rings (SSSR count). The van der Waals surface area contributed by atoms with E-state index >= 15 is 0 Å². The normalized spacial score (nSPS) is 15.4. The second-order valence-corrected chi connectivity index (χ2v) is 7.25. The van der Waals surface area contributed by atoms with Gasteiger partial charge in [0.05, 0.1) is 23.2 Å². The molecule has 6 heteroatoms. The van der Waals surface area contributed by atoms with Crippen molar-refractivity contribution in [3.63, 3.8) is 0 Å². The summed E-state index contributed by atoms with van der Waals surface area (Å²) < 4.78 is 6.47. The lowest BCUT2D eigenvalue weighted by Crippen LogP contribution is -2.36. The molecule has 1 aromatic carbocycles. The summed E-state index contributed by atoms with van der Waals surface area (Å²) in [5, 5.41) is 6.07. The van der Waals surface area contributed by atoms with Crippen LogP contribution in [-0.2, 0) is 16.2 Å². The van der Waals surface area contributed by atoms with E-state index in [-0.39, 0.29) is 0 Å². The van der Waals surface area contributed by atoms with Crippen molar-refractivity contribution in [3.8, 4) is 0 Å². The fraction of sp³-hybridized carbons (Fsp3) is 0.312. The van der Waals surface area contributed by atoms with Crippen LogP contribution in [0.1, 0.15) is 11.1 Å². The van der Waals surface area contributed by atoms with Gasteiger partial charge in [-0.1, -0.05) is 17.3 Å². The van der Waals surface area contributed by atoms with Crippen LogP contribution in [0.25, 0.3) is 0 Å². The first-order valence-electron chi connectivity index (χ1n) is 7.12. The average Bonchev–Trinajstić information content (AvgIpc) is 2.98. The van der Waals surface area contributed by atoms with E-state index in [1.165, 1.54) is 5.69 Å². The van der Waals surface area contributed by atoms with Crippen molar-refractivity contribution in [1.82, 2.24) is 0 Å². The van der Waals surface area contributed by atoms with Crippen LogP contribution in [0.15, 0.2) is 44.7 Å². The predicted molar refractivity (Wildman–Crippen MR) is 93.9 cm³/mol. The van der Waals surface area contributed by atoms with Crippen LogP contribution < -0.4 is 4.90 Å². The number of hydrogen-bond acceptors (Lipinski definition) is 5. The fourth-order valence-electron chi connectivity index (χ4n) is 2.22. The summed E-state index contributed by atoms with van der Waals surface area (Å²) in [6.07, 6.45) is 1.74. The molecule has 0 unspecified atom stereocenters. The van der Waals surface area contributed by atoms with Crippen LogP contribution in [0.4, 0.5) is 5.69 Å². The van der Waals surface area contributed by atoms with E-state index in [2.05, 4.69) is 55.6 Å². The molecule has 0 spiro atoms. The largest absolute Gasteiger partial charge is 0.391 e. The van der Waals surface area contributed by atoms with Crippen molar-refractivity contribution in [2.75, 3.05) is 31.2 Å². The van der Waals surface area contributed by atoms with Gasteiger partial charge in [-0.15, -0.1) is 11.3 Å². The minimum atomic E-state index is 0.491. The molecule has 1 saturated heterocycles. The zero-order valence-electron chi connectivity index (χ0n) is 12.1. The summed E-state index contributed by atoms with van der Waals surface area (Å²) in [6.45, 7) is 4.00. The summed E-state index contributed by atoms with van der Waals surface area (Å²) >= 11 is 5.08. The minimum Gasteiger partial charge on any atom is -0.391 e. The SMILES string of the molecule is Brc1cc(CO/N=C/c2ccc(N3CCOCC3)cc2)cs1. The lowest BCUT2D eigenvalue weighted by molar-refractivity contribution is 0.122. The van der Waals surface area contributed by atoms with Gasteiger partial charge in [0, 0.05) is 24.3 Å². The summed E-state index contributed by atoms with van der Waals surface area (Å²) in [4.78, 5) is 7.64. The summed E-state index contributed by atoms with van der Waals surface area (Å²) in [7, 11) is 0. The number of oxime groups is 1. The Morgan fingerprint density at radius 3 is 2.73 bits per heavy atom. The average molecular weight is 381 g/mol. The van der Waals surface area contributed by atoms with Gasteiger partial charge in [-0.2, -0.15) is 0 Å². The molecule has 0 aliphatic carbocycles. The Labute approximate surface area is 142 Å². The molecule has 1 aliphatic rings. The number of morpholine rings is 1. The first-order valence-corrected chi connectivity index (χ1v) is 8.79. The number of hydrogen-bond donors (Lipinski definition) is 0. The molecule has 1 fully saturated rings. The third-order valence-corrected chi connectivity index (χ3v) is 4.95. The highest BCUT2D eigenvalue weighted by Crippen LogP contribution is 2.21. The Hall–Kier alpha value is -1.37. The maximum absolute atomic E-state index is 5.37. The van der Waals surface area contributed by atoms with E-state index in [1.807, 2.05) is 6.07 Å². The van der Waals surface area contributed by atoms with Crippen molar-refractivity contribution in [2.24, 2.45) is 5.16 Å². The van der Waals surface area contributed by atoms with Crippen LogP contribution >= 0.6 is 27.3 Å². The van der Waals surface area contributed by atoms with Crippen molar-refractivity contribution in [1.29, 1.82) is 0 Å². The quantitative estimate of drug-likeness (QED) is 0.582. The first-order chi connectivity index (χ1) is 10.8. The lowest BCUT2D eigenvalue weighted by atomic mass is 10.2. The van der Waals surface area contributed by atoms with Crippen molar-refractivity contribution >= 4 is 39.2 Å². The topological polar surface area (TPSA) is 34.1 Å². The fourth-order valence-corrected chi connectivity index (χ4v) is 3.42. The van der Waals surface area contributed by atoms with Crippen molar-refractivity contribution < 1.29 is 9.57 Å². The predicted octanol–water partition coefficient (Wildman–Crippen LogP) is 3.90. The molecule has 2 aromatic rings. The van der Waals surface area contributed by atoms with Gasteiger partial charge in [0.15, 0.2) is 0 Å². The molecule has 2 heterocycles. The molecule has 0 radical (unpaired) electrons. The van der Waals surface area contributed by atoms with E-state index in [0.717, 1.165) is 41.2 Å². The van der Waals surface area contributed by atoms with Gasteiger partial charge in [0.25, 0.3) is 0 Å². The summed E-state index contributed by atoms with van der Waals surface area (Å²) in [5.74, 6) is 0. The molecular formula is C16H17BrN2O2S. The Kier molecular flexibility index (Phi) is 5.48. The Balaban J connectivity index is 1.50. The van der Waals surface area contributed by atoms with Gasteiger partial charge >= 0.3 is 0 Å². The van der Waals surface area contributed by atoms with E-state index in [9.17, 15) is 0 Å². The van der Waals surface area contributed by atoms with E-state index in [4.69, 9.17) is 9.57 Å². The van der Waals surface area contributed by atoms with E-state index in [0.29, 0.717) is 6.61 Å². The molecule has 0 saturated carbocycles. The van der Waals surface area contributed by atoms with E-state index < -0.39 is 0 Å². The smallest absolute Gasteiger partial charge is 0.143 e. The lowest BCUT2D eigenvalue weighted by Gasteiger charge is -2.28. The second-order valence-electron chi connectivity index (χ2n) is 4.96. The van der Waals surface area contributed by atoms with Crippen LogP contribution in [0.2, 0.25) is 0 Å². The van der Waals surface area contributed by atoms with E-state index in [1.54, 1.807) is 17.6 Å². The standard InChI is InChI=1S/C16H17BrN2O2S/c17-16-9-14(12-22-16)11-21-18-10-13-1-3-15(4-2-13)19-5-7-20-8-6-19/h1-4,9-10,12H,5-8,11H2/b18-10+. The Bertz CT molecular complexity index is 621. The molecule has 0 atom stereocenters. The van der Waals surface area contributed by atoms with Gasteiger partial charge in [-0.3, -0.25) is 0 Å². The third kappa shape index (κ3) is 4.32. The van der Waals surface area contributed by atoms with Crippen LogP contribution in [-0.4, -0.2) is 32.5 Å². The molecule has 0 amide bonds. The minimum absolute atomic E-state index is 0.491. The second kappa shape index (κ2) is 7.76. The summed E-state index contributed by atoms with van der Waals surface area (Å²) in [6, 6.07) is 10.4. The molecule has 1 aromatic heterocycles. The van der Waals surface area contributed by atoms with Crippen LogP contribution in [0, 0.1) is 0 Å². The first kappa shape index (κ1) is 15.5. The van der Waals surface area contributed by atoms with Gasteiger partial charge < -0.3 is 14.5 Å². The zero-order chi connectivity index (χ0) is 15.2. The Morgan fingerprint density at radius 1 is 1.27 bits per heavy atom. The summed E-state index contributed by atoms with van der Waals surface area (Å²) in [5.41, 5.74) is 3.38. The number of halogens is 1. The maximum atomic E-state index is 5.37. The highest BCUT2D eigenvalue weighted by molar-refractivity contribution is 9.11. The highest BCUT2D eigenvalue weighted by atomic mass is 79.9. The molecular weight excluding hydrogens is 364 g/mol. The van der Waals surface area contributed by atoms with Gasteiger partial charge in [-0.05, 0) is 45.1 Å². The number of rotatable bonds is 5. The van der Waals surface area contributed by atoms with Crippen molar-refractivity contribution in [3.05, 3.63) is 50.6 Å². The zero-order valence-corrected chi connectivity index (χ0v) is 14.5. The molecule has 1 aliphatic heterocycles. The molecule has 116 valence electrons. The van der Waals surface area contributed by atoms with Gasteiger partial charge in [0.1, 0.15) is 6.61 Å². The molecule has 0 N–H and O–H groups in total. The molecule has 4 nitrogen and oxygen atoms in total. The third-order valence-electron chi connectivity index (χ3n) is 3.40. The molecule has 22 heavy (non-hydrogen) atoms. The number of ether oxygens (including phenoxy) is 1. The van der Waals surface area contributed by atoms with Gasteiger partial charge in [-0.25, -0.2) is 0 Å². The number of anilines is 1. The van der Waals surface area contributed by atoms with Crippen LogP contribution in [0.3, 0.4) is 0 Å². The monoisotopic (exact) mass is 380 g/mol. The highest BCUT2D eigenvalue weighted by Gasteiger charge is 2.10. The van der Waals surface area contributed by atoms with Crippen molar-refractivity contribution in [2.45, 2.75) is 6.61 Å². The van der Waals surface area contributed by atoms with Crippen LogP contribution in [0.5, 0.6) is 0 Å². The number of thiophene rings is 1. The van der Waals surface area contributed by atoms with Gasteiger partial charge in [0.2, 0.25) is 0 Å². The Morgan fingerprint density at radius 2 is 2.05 bits per heavy atom. The number of benzene rings is 1. The molecule has 0 bridgehead atoms.